The molecule has 3 aromatic rings. The van der Waals surface area contributed by atoms with Crippen LogP contribution in [0.3, 0.4) is 0 Å². The Hall–Kier alpha value is -3.13. The van der Waals surface area contributed by atoms with Gasteiger partial charge in [0.2, 0.25) is 5.78 Å². The highest BCUT2D eigenvalue weighted by Crippen LogP contribution is 2.38. The molecule has 32 heavy (non-hydrogen) atoms. The molecule has 1 aliphatic heterocycles. The highest BCUT2D eigenvalue weighted by Gasteiger charge is 2.37. The van der Waals surface area contributed by atoms with Crippen LogP contribution in [0.1, 0.15) is 50.5 Å². The molecule has 0 fully saturated rings. The van der Waals surface area contributed by atoms with E-state index in [1.54, 1.807) is 4.57 Å². The molecule has 0 bridgehead atoms. The highest BCUT2D eigenvalue weighted by molar-refractivity contribution is 6.35. The van der Waals surface area contributed by atoms with Crippen molar-refractivity contribution in [2.24, 2.45) is 0 Å². The molecule has 4 rings (SSSR count). The van der Waals surface area contributed by atoms with E-state index in [1.807, 2.05) is 0 Å². The van der Waals surface area contributed by atoms with Gasteiger partial charge in [-0.15, -0.1) is 0 Å². The molecule has 1 aromatic heterocycles. The Balaban J connectivity index is 1.88. The number of rotatable bonds is 4. The number of aromatic carboxylic acids is 1. The number of nitrogens with zero attached hydrogens (tertiary/aromatic N) is 1. The minimum Gasteiger partial charge on any atom is -0.478 e. The molecule has 0 saturated heterocycles. The molecule has 166 valence electrons. The molecule has 9 heteroatoms. The summed E-state index contributed by atoms with van der Waals surface area (Å²) in [6.45, 7) is 0.415. The second-order valence-corrected chi connectivity index (χ2v) is 7.89. The molecule has 0 unspecified atom stereocenters. The maximum atomic E-state index is 14.3. The molecule has 0 spiro atoms. The largest absolute Gasteiger partial charge is 0.478 e. The van der Waals surface area contributed by atoms with E-state index >= 15 is 0 Å². The zero-order chi connectivity index (χ0) is 23.2. The number of benzene rings is 2. The van der Waals surface area contributed by atoms with Crippen molar-refractivity contribution in [3.8, 4) is 11.1 Å². The minimum absolute atomic E-state index is 0.0241. The smallest absolute Gasteiger partial charge is 0.417 e. The van der Waals surface area contributed by atoms with Crippen molar-refractivity contribution in [3.05, 3.63) is 81.4 Å². The fourth-order valence-electron chi connectivity index (χ4n) is 4.09. The third kappa shape index (κ3) is 3.79. The molecule has 0 aliphatic carbocycles. The number of hydrogen-bond donors (Lipinski definition) is 1. The summed E-state index contributed by atoms with van der Waals surface area (Å²) in [4.78, 5) is 24.4. The monoisotopic (exact) mass is 465 g/mol. The Morgan fingerprint density at radius 2 is 1.81 bits per heavy atom. The van der Waals surface area contributed by atoms with E-state index in [2.05, 4.69) is 0 Å². The summed E-state index contributed by atoms with van der Waals surface area (Å²) in [6, 6.07) is 8.19. The molecule has 0 amide bonds. The van der Waals surface area contributed by atoms with Gasteiger partial charge in [0, 0.05) is 17.8 Å². The first-order valence-electron chi connectivity index (χ1n) is 9.75. The van der Waals surface area contributed by atoms with Crippen molar-refractivity contribution < 1.29 is 32.3 Å². The zero-order valence-corrected chi connectivity index (χ0v) is 17.2. The molecule has 0 saturated carbocycles. The van der Waals surface area contributed by atoms with Crippen LogP contribution >= 0.6 is 11.6 Å². The molecule has 1 aliphatic rings. The van der Waals surface area contributed by atoms with Crippen LogP contribution in [0, 0.1) is 5.82 Å². The molecular formula is C23H16ClF4NO3. The fraction of sp³-hybridized carbons (Fsp3) is 0.217. The SMILES string of the molecule is O=C(O)c1ccc(-c2cc(C(=O)c3c(Cl)cccc3C(F)(F)F)n3c2CCCC3)cc1F. The van der Waals surface area contributed by atoms with Gasteiger partial charge in [-0.25, -0.2) is 9.18 Å². The maximum absolute atomic E-state index is 14.3. The van der Waals surface area contributed by atoms with Crippen LogP contribution in [0.2, 0.25) is 5.02 Å². The summed E-state index contributed by atoms with van der Waals surface area (Å²) in [7, 11) is 0. The van der Waals surface area contributed by atoms with Crippen molar-refractivity contribution in [1.82, 2.24) is 4.57 Å². The quantitative estimate of drug-likeness (QED) is 0.367. The number of halogens is 5. The first-order valence-corrected chi connectivity index (χ1v) is 10.1. The number of alkyl halides is 3. The van der Waals surface area contributed by atoms with E-state index in [0.29, 0.717) is 29.8 Å². The summed E-state index contributed by atoms with van der Waals surface area (Å²) < 4.78 is 56.6. The van der Waals surface area contributed by atoms with Crippen molar-refractivity contribution >= 4 is 23.4 Å². The third-order valence-corrected chi connectivity index (χ3v) is 5.86. The van der Waals surface area contributed by atoms with Crippen molar-refractivity contribution in [3.63, 3.8) is 0 Å². The van der Waals surface area contributed by atoms with Gasteiger partial charge in [0.05, 0.1) is 27.4 Å². The Bertz CT molecular complexity index is 1250. The fourth-order valence-corrected chi connectivity index (χ4v) is 4.35. The van der Waals surface area contributed by atoms with Crippen LogP contribution in [0.4, 0.5) is 17.6 Å². The molecule has 0 atom stereocenters. The van der Waals surface area contributed by atoms with Crippen molar-refractivity contribution in [2.45, 2.75) is 32.0 Å². The number of fused-ring (bicyclic) bond motifs is 1. The van der Waals surface area contributed by atoms with Gasteiger partial charge in [-0.1, -0.05) is 23.7 Å². The van der Waals surface area contributed by atoms with Gasteiger partial charge in [0.25, 0.3) is 0 Å². The number of hydrogen-bond acceptors (Lipinski definition) is 2. The van der Waals surface area contributed by atoms with Crippen LogP contribution in [0.15, 0.2) is 42.5 Å². The lowest BCUT2D eigenvalue weighted by atomic mass is 9.99. The number of carbonyl (C=O) groups is 2. The van der Waals surface area contributed by atoms with E-state index in [-0.39, 0.29) is 10.7 Å². The Kier molecular flexibility index (Phi) is 5.58. The lowest BCUT2D eigenvalue weighted by Gasteiger charge is -2.20. The number of aromatic nitrogens is 1. The Morgan fingerprint density at radius 1 is 1.06 bits per heavy atom. The van der Waals surface area contributed by atoms with E-state index in [9.17, 15) is 27.2 Å². The summed E-state index contributed by atoms with van der Waals surface area (Å²) in [5, 5.41) is 8.74. The Morgan fingerprint density at radius 3 is 2.47 bits per heavy atom. The summed E-state index contributed by atoms with van der Waals surface area (Å²) in [5.41, 5.74) is -0.731. The van der Waals surface area contributed by atoms with Crippen LogP contribution in [-0.2, 0) is 19.1 Å². The van der Waals surface area contributed by atoms with Crippen molar-refractivity contribution in [1.29, 1.82) is 0 Å². The van der Waals surface area contributed by atoms with Crippen LogP contribution in [0.25, 0.3) is 11.1 Å². The summed E-state index contributed by atoms with van der Waals surface area (Å²) in [6.07, 6.45) is -2.71. The normalized spacial score (nSPS) is 13.7. The first kappa shape index (κ1) is 22.1. The molecule has 4 nitrogen and oxygen atoms in total. The summed E-state index contributed by atoms with van der Waals surface area (Å²) in [5.74, 6) is -3.23. The predicted molar refractivity (Wildman–Crippen MR) is 110 cm³/mol. The standard InChI is InChI=1S/C23H16ClF4NO3/c24-16-5-3-4-15(23(26,27)28)20(16)21(30)19-11-14(18-6-1-2-9-29(18)19)12-7-8-13(22(31)32)17(25)10-12/h3-5,7-8,10-11H,1-2,6,9H2,(H,31,32). The van der Waals surface area contributed by atoms with Crippen molar-refractivity contribution in [2.75, 3.05) is 0 Å². The van der Waals surface area contributed by atoms with Gasteiger partial charge in [-0.05, 0) is 55.2 Å². The lowest BCUT2D eigenvalue weighted by molar-refractivity contribution is -0.137. The minimum atomic E-state index is -4.77. The number of carboxylic acid groups (broad SMARTS) is 1. The molecule has 2 heterocycles. The zero-order valence-electron chi connectivity index (χ0n) is 16.5. The van der Waals surface area contributed by atoms with Gasteiger partial charge in [0.15, 0.2) is 0 Å². The number of carbonyl (C=O) groups excluding carboxylic acids is 1. The molecular weight excluding hydrogens is 450 g/mol. The van der Waals surface area contributed by atoms with Crippen LogP contribution in [-0.4, -0.2) is 21.4 Å². The van der Waals surface area contributed by atoms with Gasteiger partial charge in [0.1, 0.15) is 5.82 Å². The van der Waals surface area contributed by atoms with Gasteiger partial charge in [-0.2, -0.15) is 13.2 Å². The summed E-state index contributed by atoms with van der Waals surface area (Å²) >= 11 is 6.02. The van der Waals surface area contributed by atoms with E-state index < -0.39 is 40.4 Å². The van der Waals surface area contributed by atoms with Crippen LogP contribution in [0.5, 0.6) is 0 Å². The predicted octanol–water partition coefficient (Wildman–Crippen LogP) is 6.23. The highest BCUT2D eigenvalue weighted by atomic mass is 35.5. The van der Waals surface area contributed by atoms with E-state index in [1.165, 1.54) is 18.2 Å². The molecule has 1 N–H and O–H groups in total. The lowest BCUT2D eigenvalue weighted by Crippen LogP contribution is -2.19. The van der Waals surface area contributed by atoms with Gasteiger partial charge < -0.3 is 9.67 Å². The first-order chi connectivity index (χ1) is 15.1. The molecule has 0 radical (unpaired) electrons. The molecule has 2 aromatic carbocycles. The topological polar surface area (TPSA) is 59.3 Å². The number of carboxylic acids is 1. The average Bonchev–Trinajstić information content (AvgIpc) is 3.12. The van der Waals surface area contributed by atoms with Crippen LogP contribution < -0.4 is 0 Å². The van der Waals surface area contributed by atoms with Gasteiger partial charge in [-0.3, -0.25) is 4.79 Å². The second kappa shape index (κ2) is 8.09. The van der Waals surface area contributed by atoms with Gasteiger partial charge >= 0.3 is 12.1 Å². The number of ketones is 1. The third-order valence-electron chi connectivity index (χ3n) is 5.54. The van der Waals surface area contributed by atoms with E-state index in [0.717, 1.165) is 37.1 Å². The average molecular weight is 466 g/mol. The maximum Gasteiger partial charge on any atom is 0.417 e. The second-order valence-electron chi connectivity index (χ2n) is 7.49. The van der Waals surface area contributed by atoms with E-state index in [4.69, 9.17) is 16.7 Å². The Labute approximate surface area is 185 Å².